The number of hydrogen-bond donors (Lipinski definition) is 0. The summed E-state index contributed by atoms with van der Waals surface area (Å²) >= 11 is 0. The predicted octanol–water partition coefficient (Wildman–Crippen LogP) is 1.13. The average Bonchev–Trinajstić information content (AvgIpc) is 2.81. The molecule has 0 heterocycles. The van der Waals surface area contributed by atoms with Gasteiger partial charge in [-0.25, -0.2) is 0 Å². The van der Waals surface area contributed by atoms with Gasteiger partial charge in [-0.05, 0) is 37.5 Å². The van der Waals surface area contributed by atoms with Crippen molar-refractivity contribution in [3.05, 3.63) is 0 Å². The molecular formula is C30H56Na2O4. The van der Waals surface area contributed by atoms with E-state index in [4.69, 9.17) is 0 Å². The molecule has 2 atom stereocenters. The van der Waals surface area contributed by atoms with Crippen LogP contribution >= 0.6 is 0 Å². The third kappa shape index (κ3) is 28.0. The number of carbonyl (C=O) groups is 2. The summed E-state index contributed by atoms with van der Waals surface area (Å²) in [5, 5.41) is 22.9. The molecule has 4 nitrogen and oxygen atoms in total. The third-order valence-corrected chi connectivity index (χ3v) is 7.33. The summed E-state index contributed by atoms with van der Waals surface area (Å²) in [4.78, 5) is 22.9. The minimum absolute atomic E-state index is 0. The van der Waals surface area contributed by atoms with Gasteiger partial charge in [0.2, 0.25) is 0 Å². The number of carbonyl (C=O) groups excluding carboxylic acids is 2. The first kappa shape index (κ1) is 41.4. The molecule has 0 aliphatic carbocycles. The van der Waals surface area contributed by atoms with Gasteiger partial charge in [0.25, 0.3) is 0 Å². The minimum atomic E-state index is -0.898. The minimum Gasteiger partial charge on any atom is -0.550 e. The van der Waals surface area contributed by atoms with Crippen LogP contribution in [0.15, 0.2) is 0 Å². The molecule has 0 rings (SSSR count). The van der Waals surface area contributed by atoms with Crippen molar-refractivity contribution in [1.82, 2.24) is 0 Å². The van der Waals surface area contributed by atoms with Crippen molar-refractivity contribution in [3.8, 4) is 0 Å². The average molecular weight is 527 g/mol. The Morgan fingerprint density at radius 1 is 0.417 bits per heavy atom. The Kier molecular flexibility index (Phi) is 37.0. The normalized spacial score (nSPS) is 12.4. The molecule has 0 saturated carbocycles. The van der Waals surface area contributed by atoms with Crippen molar-refractivity contribution >= 4 is 11.9 Å². The van der Waals surface area contributed by atoms with Gasteiger partial charge in [-0.1, -0.05) is 142 Å². The topological polar surface area (TPSA) is 80.3 Å². The molecule has 0 aromatic carbocycles. The quantitative estimate of drug-likeness (QED) is 0.119. The molecule has 0 N–H and O–H groups in total. The van der Waals surface area contributed by atoms with E-state index in [0.717, 1.165) is 64.2 Å². The molecule has 0 aromatic heterocycles. The van der Waals surface area contributed by atoms with Gasteiger partial charge in [0.1, 0.15) is 0 Å². The summed E-state index contributed by atoms with van der Waals surface area (Å²) < 4.78 is 0. The van der Waals surface area contributed by atoms with Crippen LogP contribution in [-0.2, 0) is 9.59 Å². The van der Waals surface area contributed by atoms with Gasteiger partial charge in [0.15, 0.2) is 0 Å². The SMILES string of the molecule is CCCCCCCCCCC(CCCCCCC(CCCCCCCCCC)C(=O)[O-])C(=O)[O-].[Na+].[Na+]. The number of rotatable bonds is 27. The summed E-state index contributed by atoms with van der Waals surface area (Å²) in [5.74, 6) is -2.44. The van der Waals surface area contributed by atoms with Crippen molar-refractivity contribution in [3.63, 3.8) is 0 Å². The van der Waals surface area contributed by atoms with E-state index in [-0.39, 0.29) is 71.0 Å². The molecule has 0 aromatic rings. The van der Waals surface area contributed by atoms with Crippen LogP contribution in [-0.4, -0.2) is 11.9 Å². The van der Waals surface area contributed by atoms with Crippen LogP contribution in [0.25, 0.3) is 0 Å². The Balaban J connectivity index is -0.00000544. The standard InChI is InChI=1S/C30H58O4.2Na/c1-3-5-7-9-11-13-15-19-23-27(29(31)32)25-21-17-18-22-26-28(30(33)34)24-20-16-14-12-10-8-6-4-2;;/h27-28H,3-26H2,1-2H3,(H,31,32)(H,33,34);;/q;2*+1/p-2. The van der Waals surface area contributed by atoms with E-state index in [1.54, 1.807) is 0 Å². The molecule has 0 fully saturated rings. The van der Waals surface area contributed by atoms with Crippen LogP contribution < -0.4 is 69.3 Å². The van der Waals surface area contributed by atoms with Crippen LogP contribution in [0.4, 0.5) is 0 Å². The zero-order valence-corrected chi connectivity index (χ0v) is 28.8. The largest absolute Gasteiger partial charge is 1.00 e. The monoisotopic (exact) mass is 526 g/mol. The molecule has 0 bridgehead atoms. The fourth-order valence-electron chi connectivity index (χ4n) is 4.94. The Morgan fingerprint density at radius 2 is 0.611 bits per heavy atom. The first-order valence-corrected chi connectivity index (χ1v) is 14.9. The van der Waals surface area contributed by atoms with Crippen molar-refractivity contribution in [2.45, 2.75) is 168 Å². The summed E-state index contributed by atoms with van der Waals surface area (Å²) in [6.07, 6.45) is 26.2. The fourth-order valence-corrected chi connectivity index (χ4v) is 4.94. The molecule has 202 valence electrons. The molecular weight excluding hydrogens is 470 g/mol. The van der Waals surface area contributed by atoms with Crippen LogP contribution in [0.5, 0.6) is 0 Å². The maximum absolute atomic E-state index is 11.5. The third-order valence-electron chi connectivity index (χ3n) is 7.33. The molecule has 2 unspecified atom stereocenters. The molecule has 0 saturated heterocycles. The second-order valence-electron chi connectivity index (χ2n) is 10.6. The Bertz CT molecular complexity index is 432. The Labute approximate surface area is 268 Å². The summed E-state index contributed by atoms with van der Waals surface area (Å²) in [5.41, 5.74) is 0. The second kappa shape index (κ2) is 32.2. The zero-order valence-electron chi connectivity index (χ0n) is 24.8. The molecule has 0 radical (unpaired) electrons. The molecule has 0 amide bonds. The van der Waals surface area contributed by atoms with E-state index >= 15 is 0 Å². The van der Waals surface area contributed by atoms with Crippen LogP contribution in [0, 0.1) is 11.8 Å². The summed E-state index contributed by atoms with van der Waals surface area (Å²) in [6, 6.07) is 0. The molecule has 0 spiro atoms. The van der Waals surface area contributed by atoms with Gasteiger partial charge in [0.05, 0.1) is 0 Å². The van der Waals surface area contributed by atoms with Gasteiger partial charge in [0, 0.05) is 11.9 Å². The molecule has 0 aliphatic rings. The Hall–Kier alpha value is 0.940. The van der Waals surface area contributed by atoms with Crippen LogP contribution in [0.3, 0.4) is 0 Å². The van der Waals surface area contributed by atoms with E-state index in [2.05, 4.69) is 13.8 Å². The smallest absolute Gasteiger partial charge is 0.550 e. The van der Waals surface area contributed by atoms with E-state index in [9.17, 15) is 19.8 Å². The maximum atomic E-state index is 11.5. The first-order valence-electron chi connectivity index (χ1n) is 14.9. The summed E-state index contributed by atoms with van der Waals surface area (Å²) in [6.45, 7) is 4.45. The van der Waals surface area contributed by atoms with Crippen molar-refractivity contribution in [2.75, 3.05) is 0 Å². The molecule has 6 heteroatoms. The number of hydrogen-bond acceptors (Lipinski definition) is 4. The van der Waals surface area contributed by atoms with E-state index in [1.807, 2.05) is 0 Å². The van der Waals surface area contributed by atoms with Crippen molar-refractivity contribution in [1.29, 1.82) is 0 Å². The maximum Gasteiger partial charge on any atom is 1.00 e. The van der Waals surface area contributed by atoms with E-state index in [1.165, 1.54) is 77.0 Å². The second-order valence-corrected chi connectivity index (χ2v) is 10.6. The van der Waals surface area contributed by atoms with Gasteiger partial charge in [-0.2, -0.15) is 0 Å². The number of carboxylic acid groups (broad SMARTS) is 2. The first-order chi connectivity index (χ1) is 16.5. The number of unbranched alkanes of at least 4 members (excludes halogenated alkanes) is 17. The zero-order chi connectivity index (χ0) is 25.3. The van der Waals surface area contributed by atoms with Gasteiger partial charge < -0.3 is 19.8 Å². The number of aliphatic carboxylic acids is 2. The predicted molar refractivity (Wildman–Crippen MR) is 139 cm³/mol. The summed E-state index contributed by atoms with van der Waals surface area (Å²) in [7, 11) is 0. The molecule has 36 heavy (non-hydrogen) atoms. The van der Waals surface area contributed by atoms with Crippen molar-refractivity contribution < 1.29 is 78.9 Å². The van der Waals surface area contributed by atoms with Gasteiger partial charge in [-0.15, -0.1) is 0 Å². The van der Waals surface area contributed by atoms with Crippen LogP contribution in [0.2, 0.25) is 0 Å². The van der Waals surface area contributed by atoms with Crippen molar-refractivity contribution in [2.24, 2.45) is 11.8 Å². The van der Waals surface area contributed by atoms with Gasteiger partial charge >= 0.3 is 59.1 Å². The Morgan fingerprint density at radius 3 is 0.806 bits per heavy atom. The molecule has 0 aliphatic heterocycles. The fraction of sp³-hybridized carbons (Fsp3) is 0.933. The van der Waals surface area contributed by atoms with Gasteiger partial charge in [-0.3, -0.25) is 0 Å². The van der Waals surface area contributed by atoms with E-state index in [0.29, 0.717) is 12.8 Å². The number of carboxylic acids is 2. The van der Waals surface area contributed by atoms with Crippen LogP contribution in [0.1, 0.15) is 168 Å². The van der Waals surface area contributed by atoms with E-state index < -0.39 is 11.9 Å².